The van der Waals surface area contributed by atoms with E-state index in [1.165, 1.54) is 22.6 Å². The zero-order valence-electron chi connectivity index (χ0n) is 13.0. The lowest BCUT2D eigenvalue weighted by Gasteiger charge is -2.35. The van der Waals surface area contributed by atoms with E-state index in [-0.39, 0.29) is 5.91 Å². The topological polar surface area (TPSA) is 23.6 Å². The fourth-order valence-electron chi connectivity index (χ4n) is 2.69. The maximum atomic E-state index is 12.3. The van der Waals surface area contributed by atoms with Crippen molar-refractivity contribution in [3.05, 3.63) is 57.3 Å². The van der Waals surface area contributed by atoms with E-state index in [0.717, 1.165) is 35.4 Å². The molecule has 0 bridgehead atoms. The average molecular weight is 347 g/mol. The molecule has 0 saturated carbocycles. The van der Waals surface area contributed by atoms with Gasteiger partial charge in [0.1, 0.15) is 0 Å². The molecule has 0 N–H and O–H groups in total. The number of thiophene rings is 1. The van der Waals surface area contributed by atoms with Crippen LogP contribution in [0.2, 0.25) is 4.34 Å². The van der Waals surface area contributed by atoms with Crippen molar-refractivity contribution in [2.45, 2.75) is 6.92 Å². The minimum Gasteiger partial charge on any atom is -0.368 e. The summed E-state index contributed by atoms with van der Waals surface area (Å²) in [5.41, 5.74) is 2.50. The van der Waals surface area contributed by atoms with Crippen LogP contribution in [0.25, 0.3) is 6.08 Å². The summed E-state index contributed by atoms with van der Waals surface area (Å²) in [5, 5.41) is 0. The third-order valence-corrected chi connectivity index (χ3v) is 5.14. The van der Waals surface area contributed by atoms with E-state index in [4.69, 9.17) is 11.6 Å². The summed E-state index contributed by atoms with van der Waals surface area (Å²) in [5.74, 6) is 0.0680. The van der Waals surface area contributed by atoms with Crippen molar-refractivity contribution in [2.24, 2.45) is 0 Å². The normalized spacial score (nSPS) is 15.4. The molecule has 2 heterocycles. The highest BCUT2D eigenvalue weighted by Crippen LogP contribution is 2.22. The monoisotopic (exact) mass is 346 g/mol. The molecule has 0 spiro atoms. The summed E-state index contributed by atoms with van der Waals surface area (Å²) in [6.45, 7) is 5.34. The molecule has 1 aliphatic rings. The lowest BCUT2D eigenvalue weighted by atomic mass is 10.2. The van der Waals surface area contributed by atoms with Crippen LogP contribution in [0, 0.1) is 6.92 Å². The zero-order valence-corrected chi connectivity index (χ0v) is 14.6. The molecule has 0 unspecified atom stereocenters. The molecular formula is C18H19ClN2OS. The summed E-state index contributed by atoms with van der Waals surface area (Å²) in [7, 11) is 0. The summed E-state index contributed by atoms with van der Waals surface area (Å²) in [4.78, 5) is 17.5. The number of carbonyl (C=O) groups is 1. The molecule has 1 aliphatic heterocycles. The maximum absolute atomic E-state index is 12.3. The number of anilines is 1. The second-order valence-electron chi connectivity index (χ2n) is 5.63. The Morgan fingerprint density at radius 2 is 1.96 bits per heavy atom. The molecule has 120 valence electrons. The Balaban J connectivity index is 1.56. The van der Waals surface area contributed by atoms with Crippen LogP contribution in [0.5, 0.6) is 0 Å². The van der Waals surface area contributed by atoms with Gasteiger partial charge >= 0.3 is 0 Å². The van der Waals surface area contributed by atoms with Gasteiger partial charge in [-0.1, -0.05) is 23.7 Å². The van der Waals surface area contributed by atoms with Crippen LogP contribution in [-0.2, 0) is 4.79 Å². The van der Waals surface area contributed by atoms with Gasteiger partial charge in [-0.25, -0.2) is 0 Å². The van der Waals surface area contributed by atoms with Crippen LogP contribution in [0.4, 0.5) is 5.69 Å². The third kappa shape index (κ3) is 4.15. The number of amides is 1. The Kier molecular flexibility index (Phi) is 5.03. The van der Waals surface area contributed by atoms with Gasteiger partial charge in [0.05, 0.1) is 4.34 Å². The Labute approximate surface area is 145 Å². The number of halogens is 1. The predicted octanol–water partition coefficient (Wildman–Crippen LogP) is 4.07. The van der Waals surface area contributed by atoms with Crippen LogP contribution in [0.15, 0.2) is 42.5 Å². The number of nitrogens with zero attached hydrogens (tertiary/aromatic N) is 2. The van der Waals surface area contributed by atoms with Crippen LogP contribution in [0.3, 0.4) is 0 Å². The lowest BCUT2D eigenvalue weighted by molar-refractivity contribution is -0.126. The second-order valence-corrected chi connectivity index (χ2v) is 7.37. The average Bonchev–Trinajstić information content (AvgIpc) is 2.98. The highest BCUT2D eigenvalue weighted by molar-refractivity contribution is 7.17. The first-order chi connectivity index (χ1) is 11.1. The number of hydrogen-bond donors (Lipinski definition) is 0. The molecule has 23 heavy (non-hydrogen) atoms. The standard InChI is InChI=1S/C18H19ClN2OS/c1-14-3-2-4-15(13-14)20-9-11-21(12-10-20)18(22)8-6-16-5-7-17(19)23-16/h2-8,13H,9-12H2,1H3/b8-6+. The summed E-state index contributed by atoms with van der Waals surface area (Å²) >= 11 is 7.37. The minimum atomic E-state index is 0.0680. The van der Waals surface area contributed by atoms with Crippen molar-refractivity contribution in [1.29, 1.82) is 0 Å². The Morgan fingerprint density at radius 3 is 2.61 bits per heavy atom. The Bertz CT molecular complexity index is 717. The Hall–Kier alpha value is -1.78. The van der Waals surface area contributed by atoms with Gasteiger partial charge in [0.2, 0.25) is 5.91 Å². The van der Waals surface area contributed by atoms with E-state index in [0.29, 0.717) is 0 Å². The fourth-order valence-corrected chi connectivity index (χ4v) is 3.65. The summed E-state index contributed by atoms with van der Waals surface area (Å²) in [6.07, 6.45) is 3.48. The molecular weight excluding hydrogens is 328 g/mol. The Morgan fingerprint density at radius 1 is 1.17 bits per heavy atom. The third-order valence-electron chi connectivity index (χ3n) is 3.94. The maximum Gasteiger partial charge on any atom is 0.246 e. The number of aryl methyl sites for hydroxylation is 1. The van der Waals surface area contributed by atoms with E-state index in [9.17, 15) is 4.79 Å². The predicted molar refractivity (Wildman–Crippen MR) is 98.3 cm³/mol. The van der Waals surface area contributed by atoms with Crippen molar-refractivity contribution < 1.29 is 4.79 Å². The quantitative estimate of drug-likeness (QED) is 0.782. The number of piperazine rings is 1. The lowest BCUT2D eigenvalue weighted by Crippen LogP contribution is -2.48. The molecule has 1 amide bonds. The number of benzene rings is 1. The van der Waals surface area contributed by atoms with Crippen molar-refractivity contribution >= 4 is 40.6 Å². The van der Waals surface area contributed by atoms with Gasteiger partial charge in [-0.3, -0.25) is 4.79 Å². The molecule has 0 radical (unpaired) electrons. The molecule has 1 aromatic carbocycles. The first-order valence-corrected chi connectivity index (χ1v) is 8.85. The first kappa shape index (κ1) is 16.1. The summed E-state index contributed by atoms with van der Waals surface area (Å²) < 4.78 is 0.740. The molecule has 2 aromatic rings. The van der Waals surface area contributed by atoms with Crippen molar-refractivity contribution in [3.63, 3.8) is 0 Å². The highest BCUT2D eigenvalue weighted by atomic mass is 35.5. The SMILES string of the molecule is Cc1cccc(N2CCN(C(=O)/C=C/c3ccc(Cl)s3)CC2)c1. The van der Waals surface area contributed by atoms with Crippen LogP contribution >= 0.6 is 22.9 Å². The van der Waals surface area contributed by atoms with Gasteiger partial charge in [-0.05, 0) is 42.8 Å². The van der Waals surface area contributed by atoms with Crippen molar-refractivity contribution in [3.8, 4) is 0 Å². The van der Waals surface area contributed by atoms with Gasteiger partial charge in [-0.2, -0.15) is 0 Å². The molecule has 0 atom stereocenters. The molecule has 3 nitrogen and oxygen atoms in total. The first-order valence-electron chi connectivity index (χ1n) is 7.66. The van der Waals surface area contributed by atoms with Gasteiger partial charge in [0, 0.05) is 42.8 Å². The van der Waals surface area contributed by atoms with Gasteiger partial charge in [0.15, 0.2) is 0 Å². The van der Waals surface area contributed by atoms with Crippen LogP contribution < -0.4 is 4.90 Å². The van der Waals surface area contributed by atoms with Crippen LogP contribution in [0.1, 0.15) is 10.4 Å². The van der Waals surface area contributed by atoms with E-state index < -0.39 is 0 Å². The number of hydrogen-bond acceptors (Lipinski definition) is 3. The smallest absolute Gasteiger partial charge is 0.246 e. The molecule has 3 rings (SSSR count). The number of rotatable bonds is 3. The van der Waals surface area contributed by atoms with Crippen LogP contribution in [-0.4, -0.2) is 37.0 Å². The van der Waals surface area contributed by atoms with E-state index in [1.807, 2.05) is 23.1 Å². The van der Waals surface area contributed by atoms with E-state index in [2.05, 4.69) is 36.1 Å². The van der Waals surface area contributed by atoms with Gasteiger partial charge in [-0.15, -0.1) is 11.3 Å². The second kappa shape index (κ2) is 7.20. The van der Waals surface area contributed by atoms with Gasteiger partial charge < -0.3 is 9.80 Å². The minimum absolute atomic E-state index is 0.0680. The fraction of sp³-hybridized carbons (Fsp3) is 0.278. The van der Waals surface area contributed by atoms with E-state index in [1.54, 1.807) is 6.08 Å². The molecule has 1 aromatic heterocycles. The van der Waals surface area contributed by atoms with E-state index >= 15 is 0 Å². The molecule has 5 heteroatoms. The van der Waals surface area contributed by atoms with Gasteiger partial charge in [0.25, 0.3) is 0 Å². The summed E-state index contributed by atoms with van der Waals surface area (Å²) in [6, 6.07) is 12.3. The molecule has 1 saturated heterocycles. The largest absolute Gasteiger partial charge is 0.368 e. The molecule has 0 aliphatic carbocycles. The number of carbonyl (C=O) groups excluding carboxylic acids is 1. The zero-order chi connectivity index (χ0) is 16.2. The van der Waals surface area contributed by atoms with Crippen molar-refractivity contribution in [1.82, 2.24) is 4.90 Å². The van der Waals surface area contributed by atoms with Crippen molar-refractivity contribution in [2.75, 3.05) is 31.1 Å². The highest BCUT2D eigenvalue weighted by Gasteiger charge is 2.19. The molecule has 1 fully saturated rings.